The molecule has 0 aliphatic heterocycles. The largest absolute Gasteiger partial charge is 0.371 e. The van der Waals surface area contributed by atoms with E-state index in [1.807, 2.05) is 13.8 Å². The molecule has 0 aromatic carbocycles. The zero-order valence-corrected chi connectivity index (χ0v) is 9.13. The fourth-order valence-electron chi connectivity index (χ4n) is 0.863. The monoisotopic (exact) mass is 199 g/mol. The molecule has 5 heteroatoms. The van der Waals surface area contributed by atoms with Crippen molar-refractivity contribution in [3.8, 4) is 0 Å². The van der Waals surface area contributed by atoms with Crippen LogP contribution < -0.4 is 5.32 Å². The molecule has 0 spiro atoms. The Kier molecular flexibility index (Phi) is 3.46. The van der Waals surface area contributed by atoms with E-state index in [0.29, 0.717) is 11.8 Å². The van der Waals surface area contributed by atoms with Gasteiger partial charge in [-0.1, -0.05) is 12.1 Å². The number of hydrogen-bond donors (Lipinski definition) is 1. The van der Waals surface area contributed by atoms with Gasteiger partial charge in [0.1, 0.15) is 5.60 Å². The minimum absolute atomic E-state index is 0.451. The van der Waals surface area contributed by atoms with E-state index in [9.17, 15) is 0 Å². The van der Waals surface area contributed by atoms with Gasteiger partial charge in [-0.2, -0.15) is 4.98 Å². The van der Waals surface area contributed by atoms with Gasteiger partial charge in [0.2, 0.25) is 5.82 Å². The highest BCUT2D eigenvalue weighted by atomic mass is 16.5. The summed E-state index contributed by atoms with van der Waals surface area (Å²) >= 11 is 0. The molecule has 14 heavy (non-hydrogen) atoms. The van der Waals surface area contributed by atoms with E-state index in [2.05, 4.69) is 22.4 Å². The van der Waals surface area contributed by atoms with Crippen molar-refractivity contribution >= 4 is 6.01 Å². The van der Waals surface area contributed by atoms with E-state index in [1.54, 1.807) is 7.11 Å². The van der Waals surface area contributed by atoms with Crippen LogP contribution in [-0.2, 0) is 10.3 Å². The number of hydrogen-bond acceptors (Lipinski definition) is 5. The standard InChI is InChI=1S/C9H17N3O2/c1-5-6-10-8-11-7(12-14-8)9(2,3)13-4/h5-6H2,1-4H3,(H,10,11,12). The lowest BCUT2D eigenvalue weighted by atomic mass is 10.1. The summed E-state index contributed by atoms with van der Waals surface area (Å²) < 4.78 is 10.2. The van der Waals surface area contributed by atoms with Crippen molar-refractivity contribution in [1.29, 1.82) is 0 Å². The molecule has 1 heterocycles. The lowest BCUT2D eigenvalue weighted by Gasteiger charge is -2.17. The normalized spacial score (nSPS) is 11.7. The van der Waals surface area contributed by atoms with Crippen LogP contribution in [0.3, 0.4) is 0 Å². The Morgan fingerprint density at radius 2 is 2.21 bits per heavy atom. The zero-order valence-electron chi connectivity index (χ0n) is 9.13. The van der Waals surface area contributed by atoms with E-state index < -0.39 is 5.60 Å². The molecular formula is C9H17N3O2. The number of aromatic nitrogens is 2. The average molecular weight is 199 g/mol. The van der Waals surface area contributed by atoms with Crippen LogP contribution in [0.4, 0.5) is 6.01 Å². The Morgan fingerprint density at radius 3 is 2.79 bits per heavy atom. The highest BCUT2D eigenvalue weighted by molar-refractivity contribution is 5.19. The highest BCUT2D eigenvalue weighted by Gasteiger charge is 2.25. The van der Waals surface area contributed by atoms with Crippen molar-refractivity contribution in [2.24, 2.45) is 0 Å². The Labute approximate surface area is 83.8 Å². The topological polar surface area (TPSA) is 60.2 Å². The van der Waals surface area contributed by atoms with Crippen LogP contribution in [0.15, 0.2) is 4.52 Å². The van der Waals surface area contributed by atoms with Gasteiger partial charge in [0.25, 0.3) is 0 Å². The van der Waals surface area contributed by atoms with Crippen molar-refractivity contribution in [3.63, 3.8) is 0 Å². The number of rotatable bonds is 5. The van der Waals surface area contributed by atoms with E-state index in [1.165, 1.54) is 0 Å². The van der Waals surface area contributed by atoms with E-state index in [0.717, 1.165) is 13.0 Å². The van der Waals surface area contributed by atoms with Gasteiger partial charge >= 0.3 is 6.01 Å². The van der Waals surface area contributed by atoms with Crippen LogP contribution >= 0.6 is 0 Å². The van der Waals surface area contributed by atoms with Crippen LogP contribution in [0.25, 0.3) is 0 Å². The minimum Gasteiger partial charge on any atom is -0.371 e. The van der Waals surface area contributed by atoms with Crippen molar-refractivity contribution in [2.45, 2.75) is 32.8 Å². The Balaban J connectivity index is 2.67. The summed E-state index contributed by atoms with van der Waals surface area (Å²) in [6.45, 7) is 6.68. The third-order valence-corrected chi connectivity index (χ3v) is 2.00. The van der Waals surface area contributed by atoms with Crippen molar-refractivity contribution in [3.05, 3.63) is 5.82 Å². The lowest BCUT2D eigenvalue weighted by Crippen LogP contribution is -2.21. The maximum absolute atomic E-state index is 5.23. The van der Waals surface area contributed by atoms with Crippen LogP contribution in [0, 0.1) is 0 Å². The first-order chi connectivity index (χ1) is 6.60. The summed E-state index contributed by atoms with van der Waals surface area (Å²) in [6, 6.07) is 0.451. The molecule has 1 rings (SSSR count). The lowest BCUT2D eigenvalue weighted by molar-refractivity contribution is 0.00973. The molecule has 0 fully saturated rings. The predicted molar refractivity (Wildman–Crippen MR) is 53.1 cm³/mol. The molecule has 0 atom stereocenters. The van der Waals surface area contributed by atoms with Gasteiger partial charge in [0.15, 0.2) is 0 Å². The molecule has 1 aromatic rings. The predicted octanol–water partition coefficient (Wildman–Crippen LogP) is 1.77. The zero-order chi connectivity index (χ0) is 10.6. The van der Waals surface area contributed by atoms with Gasteiger partial charge in [0.05, 0.1) is 0 Å². The second-order valence-electron chi connectivity index (χ2n) is 3.56. The van der Waals surface area contributed by atoms with E-state index >= 15 is 0 Å². The van der Waals surface area contributed by atoms with E-state index in [-0.39, 0.29) is 0 Å². The third kappa shape index (κ3) is 2.45. The summed E-state index contributed by atoms with van der Waals surface area (Å²) in [5.74, 6) is 0.554. The number of methoxy groups -OCH3 is 1. The van der Waals surface area contributed by atoms with E-state index in [4.69, 9.17) is 9.26 Å². The van der Waals surface area contributed by atoms with Crippen LogP contribution in [0.1, 0.15) is 33.0 Å². The van der Waals surface area contributed by atoms with Gasteiger partial charge in [0, 0.05) is 13.7 Å². The van der Waals surface area contributed by atoms with Gasteiger partial charge in [-0.15, -0.1) is 0 Å². The summed E-state index contributed by atoms with van der Waals surface area (Å²) in [5, 5.41) is 6.85. The third-order valence-electron chi connectivity index (χ3n) is 2.00. The molecule has 1 aromatic heterocycles. The van der Waals surface area contributed by atoms with Gasteiger partial charge in [-0.05, 0) is 20.3 Å². The molecule has 1 N–H and O–H groups in total. The fourth-order valence-corrected chi connectivity index (χ4v) is 0.863. The molecule has 0 aliphatic rings. The molecule has 0 radical (unpaired) electrons. The molecule has 80 valence electrons. The molecular weight excluding hydrogens is 182 g/mol. The molecule has 0 saturated heterocycles. The number of anilines is 1. The minimum atomic E-state index is -0.504. The second kappa shape index (κ2) is 4.41. The Hall–Kier alpha value is -1.10. The highest BCUT2D eigenvalue weighted by Crippen LogP contribution is 2.21. The number of nitrogens with zero attached hydrogens (tertiary/aromatic N) is 2. The molecule has 0 bridgehead atoms. The first kappa shape index (κ1) is 11.0. The van der Waals surface area contributed by atoms with Crippen LogP contribution in [-0.4, -0.2) is 23.8 Å². The molecule has 0 aliphatic carbocycles. The maximum atomic E-state index is 5.23. The van der Waals surface area contributed by atoms with Crippen molar-refractivity contribution in [1.82, 2.24) is 10.1 Å². The van der Waals surface area contributed by atoms with Gasteiger partial charge in [-0.3, -0.25) is 0 Å². The fraction of sp³-hybridized carbons (Fsp3) is 0.778. The number of ether oxygens (including phenoxy) is 1. The second-order valence-corrected chi connectivity index (χ2v) is 3.56. The van der Waals surface area contributed by atoms with Gasteiger partial charge in [-0.25, -0.2) is 0 Å². The van der Waals surface area contributed by atoms with Crippen LogP contribution in [0.2, 0.25) is 0 Å². The smallest absolute Gasteiger partial charge is 0.321 e. The summed E-state index contributed by atoms with van der Waals surface area (Å²) in [7, 11) is 1.62. The summed E-state index contributed by atoms with van der Waals surface area (Å²) in [4.78, 5) is 4.18. The first-order valence-corrected chi connectivity index (χ1v) is 4.73. The first-order valence-electron chi connectivity index (χ1n) is 4.73. The van der Waals surface area contributed by atoms with Crippen LogP contribution in [0.5, 0.6) is 0 Å². The summed E-state index contributed by atoms with van der Waals surface area (Å²) in [6.07, 6.45) is 1.02. The van der Waals surface area contributed by atoms with Gasteiger partial charge < -0.3 is 14.6 Å². The molecule has 0 amide bonds. The quantitative estimate of drug-likeness (QED) is 0.783. The molecule has 0 unspecified atom stereocenters. The van der Waals surface area contributed by atoms with Crippen molar-refractivity contribution in [2.75, 3.05) is 19.0 Å². The number of nitrogens with one attached hydrogen (secondary N) is 1. The maximum Gasteiger partial charge on any atom is 0.321 e. The summed E-state index contributed by atoms with van der Waals surface area (Å²) in [5.41, 5.74) is -0.504. The molecule has 0 saturated carbocycles. The average Bonchev–Trinajstić information content (AvgIpc) is 2.63. The Bertz CT molecular complexity index is 283. The molecule has 5 nitrogen and oxygen atoms in total. The SMILES string of the molecule is CCCNc1nc(C(C)(C)OC)no1. The Morgan fingerprint density at radius 1 is 1.50 bits per heavy atom. The van der Waals surface area contributed by atoms with Crippen molar-refractivity contribution < 1.29 is 9.26 Å².